The van der Waals surface area contributed by atoms with Gasteiger partial charge in [0.05, 0.1) is 36.9 Å². The lowest BCUT2D eigenvalue weighted by atomic mass is 9.80. The molecule has 2 aliphatic rings. The number of halogens is 1. The summed E-state index contributed by atoms with van der Waals surface area (Å²) in [4.78, 5) is 25.4. The summed E-state index contributed by atoms with van der Waals surface area (Å²) < 4.78 is 15.1. The molecule has 8 heteroatoms. The Hall–Kier alpha value is -2.74. The smallest absolute Gasteiger partial charge is 0.306 e. The van der Waals surface area contributed by atoms with Gasteiger partial charge in [0.15, 0.2) is 0 Å². The van der Waals surface area contributed by atoms with Crippen LogP contribution in [-0.2, 0) is 29.1 Å². The second kappa shape index (κ2) is 7.94. The van der Waals surface area contributed by atoms with Crippen molar-refractivity contribution in [3.8, 4) is 0 Å². The van der Waals surface area contributed by atoms with E-state index in [2.05, 4.69) is 10.4 Å². The fourth-order valence-corrected chi connectivity index (χ4v) is 4.11. The van der Waals surface area contributed by atoms with Crippen LogP contribution in [0.3, 0.4) is 0 Å². The van der Waals surface area contributed by atoms with Crippen LogP contribution < -0.4 is 5.32 Å². The number of carbonyl (C=O) groups excluding carboxylic acids is 1. The number of benzene rings is 1. The third kappa shape index (κ3) is 4.17. The number of aromatic nitrogens is 2. The first-order valence-corrected chi connectivity index (χ1v) is 9.94. The lowest BCUT2D eigenvalue weighted by Gasteiger charge is -2.34. The zero-order chi connectivity index (χ0) is 20.5. The van der Waals surface area contributed by atoms with Crippen molar-refractivity contribution in [1.82, 2.24) is 20.0 Å². The number of hydrogen-bond donors (Lipinski definition) is 2. The minimum Gasteiger partial charge on any atom is -0.481 e. The van der Waals surface area contributed by atoms with Crippen molar-refractivity contribution in [1.29, 1.82) is 0 Å². The maximum atomic E-state index is 13.2. The minimum atomic E-state index is -0.761. The van der Waals surface area contributed by atoms with Crippen molar-refractivity contribution >= 4 is 11.9 Å². The summed E-state index contributed by atoms with van der Waals surface area (Å²) in [5, 5.41) is 16.8. The molecule has 0 bridgehead atoms. The van der Waals surface area contributed by atoms with Gasteiger partial charge in [-0.3, -0.25) is 14.3 Å². The quantitative estimate of drug-likeness (QED) is 0.771. The summed E-state index contributed by atoms with van der Waals surface area (Å²) in [5.41, 5.74) is 4.15. The summed E-state index contributed by atoms with van der Waals surface area (Å²) in [6, 6.07) is 6.48. The van der Waals surface area contributed by atoms with Crippen LogP contribution >= 0.6 is 0 Å². The van der Waals surface area contributed by atoms with Gasteiger partial charge in [-0.1, -0.05) is 12.1 Å². The zero-order valence-electron chi connectivity index (χ0n) is 16.4. The van der Waals surface area contributed by atoms with Gasteiger partial charge in [-0.15, -0.1) is 0 Å². The fraction of sp³-hybridized carbons (Fsp3) is 0.476. The zero-order valence-corrected chi connectivity index (χ0v) is 16.4. The summed E-state index contributed by atoms with van der Waals surface area (Å²) in [5.74, 6) is -1.30. The number of carbonyl (C=O) groups is 2. The lowest BCUT2D eigenvalue weighted by molar-refractivity contribution is -0.145. The molecule has 0 unspecified atom stereocenters. The number of fused-ring (bicyclic) bond motifs is 1. The van der Waals surface area contributed by atoms with Crippen LogP contribution in [-0.4, -0.2) is 50.8 Å². The average molecular weight is 400 g/mol. The Labute approximate surface area is 168 Å². The Balaban J connectivity index is 1.38. The highest BCUT2D eigenvalue weighted by atomic mass is 19.1. The predicted molar refractivity (Wildman–Crippen MR) is 104 cm³/mol. The molecule has 1 aliphatic heterocycles. The molecule has 0 atom stereocenters. The Morgan fingerprint density at radius 1 is 1.28 bits per heavy atom. The molecule has 7 nitrogen and oxygen atoms in total. The van der Waals surface area contributed by atoms with Gasteiger partial charge in [0.25, 0.3) is 0 Å². The van der Waals surface area contributed by atoms with E-state index in [4.69, 9.17) is 5.11 Å². The molecule has 1 amide bonds. The largest absolute Gasteiger partial charge is 0.481 e. The molecule has 4 rings (SSSR count). The van der Waals surface area contributed by atoms with E-state index in [9.17, 15) is 14.0 Å². The molecule has 1 aliphatic carbocycles. The van der Waals surface area contributed by atoms with E-state index in [1.54, 1.807) is 12.1 Å². The molecule has 0 saturated heterocycles. The Bertz CT molecular complexity index is 919. The van der Waals surface area contributed by atoms with Gasteiger partial charge < -0.3 is 15.3 Å². The highest BCUT2D eigenvalue weighted by Crippen LogP contribution is 2.27. The SMILES string of the molecule is Cc1nn(Cc2ccc(F)cc2)c2c1CCN(C(=O)CN[C@H]1C[C@@H](C(=O)O)C1)C2. The number of amides is 1. The second-order valence-electron chi connectivity index (χ2n) is 7.94. The summed E-state index contributed by atoms with van der Waals surface area (Å²) >= 11 is 0. The number of hydrogen-bond acceptors (Lipinski definition) is 4. The van der Waals surface area contributed by atoms with Crippen LogP contribution in [0.25, 0.3) is 0 Å². The number of carboxylic acid groups (broad SMARTS) is 1. The normalized spacial score (nSPS) is 20.8. The third-order valence-corrected chi connectivity index (χ3v) is 5.97. The summed E-state index contributed by atoms with van der Waals surface area (Å²) in [7, 11) is 0. The standard InChI is InChI=1S/C21H25FN4O3/c1-13-18-6-7-25(20(27)10-23-17-8-15(9-17)21(28)29)12-19(18)26(24-13)11-14-2-4-16(22)5-3-14/h2-5,15,17,23H,6-12H2,1H3,(H,28,29)/t15-,17+. The molecule has 2 heterocycles. The maximum absolute atomic E-state index is 13.2. The van der Waals surface area contributed by atoms with Gasteiger partial charge in [0, 0.05) is 12.6 Å². The third-order valence-electron chi connectivity index (χ3n) is 5.97. The molecule has 0 spiro atoms. The molecule has 1 fully saturated rings. The van der Waals surface area contributed by atoms with Crippen LogP contribution in [0.5, 0.6) is 0 Å². The van der Waals surface area contributed by atoms with Crippen molar-refractivity contribution in [2.24, 2.45) is 5.92 Å². The van der Waals surface area contributed by atoms with E-state index in [-0.39, 0.29) is 30.2 Å². The number of carboxylic acids is 1. The van der Waals surface area contributed by atoms with Crippen LogP contribution in [0, 0.1) is 18.7 Å². The van der Waals surface area contributed by atoms with Crippen molar-refractivity contribution in [3.05, 3.63) is 52.6 Å². The molecular formula is C21H25FN4O3. The van der Waals surface area contributed by atoms with Gasteiger partial charge >= 0.3 is 5.97 Å². The van der Waals surface area contributed by atoms with E-state index < -0.39 is 5.97 Å². The predicted octanol–water partition coefficient (Wildman–Crippen LogP) is 1.72. The van der Waals surface area contributed by atoms with Crippen LogP contribution in [0.2, 0.25) is 0 Å². The first-order valence-electron chi connectivity index (χ1n) is 9.94. The molecule has 1 aromatic carbocycles. The number of aryl methyl sites for hydroxylation is 1. The first-order chi connectivity index (χ1) is 13.9. The molecule has 1 saturated carbocycles. The first kappa shape index (κ1) is 19.6. The summed E-state index contributed by atoms with van der Waals surface area (Å²) in [6.07, 6.45) is 1.92. The van der Waals surface area contributed by atoms with Gasteiger partial charge in [0.1, 0.15) is 5.82 Å². The van der Waals surface area contributed by atoms with Crippen LogP contribution in [0.4, 0.5) is 4.39 Å². The van der Waals surface area contributed by atoms with Crippen LogP contribution in [0.15, 0.2) is 24.3 Å². The van der Waals surface area contributed by atoms with E-state index in [0.717, 1.165) is 23.4 Å². The van der Waals surface area contributed by atoms with E-state index in [1.807, 2.05) is 16.5 Å². The molecule has 2 aromatic rings. The van der Waals surface area contributed by atoms with Gasteiger partial charge in [-0.2, -0.15) is 5.10 Å². The molecular weight excluding hydrogens is 375 g/mol. The minimum absolute atomic E-state index is 0.0154. The number of aliphatic carboxylic acids is 1. The van der Waals surface area contributed by atoms with Gasteiger partial charge in [0.2, 0.25) is 5.91 Å². The topological polar surface area (TPSA) is 87.5 Å². The number of nitrogens with one attached hydrogen (secondary N) is 1. The highest BCUT2D eigenvalue weighted by molar-refractivity contribution is 5.78. The molecule has 154 valence electrons. The Morgan fingerprint density at radius 2 is 2.00 bits per heavy atom. The number of rotatable bonds is 6. The van der Waals surface area contributed by atoms with Gasteiger partial charge in [-0.05, 0) is 49.4 Å². The molecule has 2 N–H and O–H groups in total. The Morgan fingerprint density at radius 3 is 2.69 bits per heavy atom. The number of nitrogens with zero attached hydrogens (tertiary/aromatic N) is 3. The Kier molecular flexibility index (Phi) is 5.36. The highest BCUT2D eigenvalue weighted by Gasteiger charge is 2.35. The maximum Gasteiger partial charge on any atom is 0.306 e. The van der Waals surface area contributed by atoms with Crippen molar-refractivity contribution in [2.75, 3.05) is 13.1 Å². The van der Waals surface area contributed by atoms with Crippen molar-refractivity contribution in [2.45, 2.75) is 45.3 Å². The van der Waals surface area contributed by atoms with Crippen molar-refractivity contribution in [3.63, 3.8) is 0 Å². The van der Waals surface area contributed by atoms with E-state index in [0.29, 0.717) is 32.5 Å². The molecule has 0 radical (unpaired) electrons. The monoisotopic (exact) mass is 400 g/mol. The molecule has 1 aromatic heterocycles. The lowest BCUT2D eigenvalue weighted by Crippen LogP contribution is -2.49. The fourth-order valence-electron chi connectivity index (χ4n) is 4.11. The van der Waals surface area contributed by atoms with Gasteiger partial charge in [-0.25, -0.2) is 4.39 Å². The van der Waals surface area contributed by atoms with Crippen LogP contribution in [0.1, 0.15) is 35.4 Å². The van der Waals surface area contributed by atoms with E-state index >= 15 is 0 Å². The summed E-state index contributed by atoms with van der Waals surface area (Å²) in [6.45, 7) is 3.89. The average Bonchev–Trinajstić information content (AvgIpc) is 2.97. The molecule has 29 heavy (non-hydrogen) atoms. The van der Waals surface area contributed by atoms with Crippen molar-refractivity contribution < 1.29 is 19.1 Å². The van der Waals surface area contributed by atoms with E-state index in [1.165, 1.54) is 17.7 Å². The second-order valence-corrected chi connectivity index (χ2v) is 7.94.